The maximum Gasteiger partial charge on any atom is 0.254 e. The maximum absolute atomic E-state index is 12.1. The Morgan fingerprint density at radius 1 is 1.04 bits per heavy atom. The van der Waals surface area contributed by atoms with Crippen molar-refractivity contribution in [3.63, 3.8) is 0 Å². The molecular weight excluding hydrogens is 349 g/mol. The molecule has 0 bridgehead atoms. The molecule has 0 fully saturated rings. The highest BCUT2D eigenvalue weighted by Gasteiger charge is 2.14. The Hall–Kier alpha value is -2.24. The van der Waals surface area contributed by atoms with Crippen LogP contribution in [0, 0.1) is 0 Å². The Morgan fingerprint density at radius 2 is 1.75 bits per heavy atom. The van der Waals surface area contributed by atoms with Gasteiger partial charge in [0.15, 0.2) is 0 Å². The van der Waals surface area contributed by atoms with Crippen LogP contribution in [0.5, 0.6) is 0 Å². The zero-order valence-corrected chi connectivity index (χ0v) is 14.8. The zero-order valence-electron chi connectivity index (χ0n) is 13.3. The number of hydrogen-bond donors (Lipinski definition) is 2. The van der Waals surface area contributed by atoms with Crippen molar-refractivity contribution in [2.75, 3.05) is 31.3 Å². The number of anilines is 2. The SMILES string of the molecule is CN(C)C(=O)c1cc(NC(=O)CNc2ccccc2Cl)ccc1Cl. The lowest BCUT2D eigenvalue weighted by Crippen LogP contribution is -2.24. The summed E-state index contributed by atoms with van der Waals surface area (Å²) >= 11 is 12.1. The number of carbonyl (C=O) groups is 2. The quantitative estimate of drug-likeness (QED) is 0.847. The first-order valence-electron chi connectivity index (χ1n) is 7.18. The topological polar surface area (TPSA) is 61.4 Å². The molecule has 2 N–H and O–H groups in total. The Morgan fingerprint density at radius 3 is 2.42 bits per heavy atom. The van der Waals surface area contributed by atoms with E-state index >= 15 is 0 Å². The Labute approximate surface area is 150 Å². The van der Waals surface area contributed by atoms with Gasteiger partial charge in [-0.05, 0) is 30.3 Å². The van der Waals surface area contributed by atoms with Gasteiger partial charge >= 0.3 is 0 Å². The molecule has 0 aliphatic carbocycles. The molecule has 126 valence electrons. The molecule has 0 atom stereocenters. The van der Waals surface area contributed by atoms with Crippen molar-refractivity contribution in [3.05, 3.63) is 58.1 Å². The fourth-order valence-electron chi connectivity index (χ4n) is 1.99. The van der Waals surface area contributed by atoms with Crippen molar-refractivity contribution < 1.29 is 9.59 Å². The predicted molar refractivity (Wildman–Crippen MR) is 98.0 cm³/mol. The van der Waals surface area contributed by atoms with Crippen LogP contribution in [-0.2, 0) is 4.79 Å². The number of hydrogen-bond acceptors (Lipinski definition) is 3. The molecule has 0 heterocycles. The van der Waals surface area contributed by atoms with Gasteiger partial charge in [-0.2, -0.15) is 0 Å². The molecular formula is C17H17Cl2N3O2. The molecule has 0 saturated carbocycles. The van der Waals surface area contributed by atoms with E-state index in [1.54, 1.807) is 44.4 Å². The van der Waals surface area contributed by atoms with Gasteiger partial charge in [-0.25, -0.2) is 0 Å². The van der Waals surface area contributed by atoms with Crippen LogP contribution in [0.15, 0.2) is 42.5 Å². The lowest BCUT2D eigenvalue weighted by atomic mass is 10.1. The van der Waals surface area contributed by atoms with E-state index in [1.165, 1.54) is 4.90 Å². The van der Waals surface area contributed by atoms with Gasteiger partial charge < -0.3 is 15.5 Å². The highest BCUT2D eigenvalue weighted by molar-refractivity contribution is 6.34. The average Bonchev–Trinajstić information content (AvgIpc) is 2.55. The summed E-state index contributed by atoms with van der Waals surface area (Å²) in [6.07, 6.45) is 0. The second-order valence-electron chi connectivity index (χ2n) is 5.28. The number of nitrogens with zero attached hydrogens (tertiary/aromatic N) is 1. The van der Waals surface area contributed by atoms with E-state index in [0.717, 1.165) is 0 Å². The summed E-state index contributed by atoms with van der Waals surface area (Å²) in [4.78, 5) is 25.5. The molecule has 24 heavy (non-hydrogen) atoms. The van der Waals surface area contributed by atoms with Crippen molar-refractivity contribution in [2.45, 2.75) is 0 Å². The lowest BCUT2D eigenvalue weighted by molar-refractivity contribution is -0.114. The van der Waals surface area contributed by atoms with Crippen LogP contribution < -0.4 is 10.6 Å². The summed E-state index contributed by atoms with van der Waals surface area (Å²) in [5, 5.41) is 6.55. The van der Waals surface area contributed by atoms with Gasteiger partial charge in [-0.3, -0.25) is 9.59 Å². The summed E-state index contributed by atoms with van der Waals surface area (Å²) in [5.41, 5.74) is 1.50. The number of halogens is 2. The molecule has 0 spiro atoms. The minimum atomic E-state index is -0.263. The molecule has 0 aromatic heterocycles. The van der Waals surface area contributed by atoms with Gasteiger partial charge in [-0.1, -0.05) is 35.3 Å². The number of amides is 2. The minimum Gasteiger partial charge on any atom is -0.375 e. The number of carbonyl (C=O) groups excluding carboxylic acids is 2. The Bertz CT molecular complexity index is 763. The monoisotopic (exact) mass is 365 g/mol. The normalized spacial score (nSPS) is 10.2. The summed E-state index contributed by atoms with van der Waals surface area (Å²) in [7, 11) is 3.27. The molecule has 0 aliphatic heterocycles. The third-order valence-corrected chi connectivity index (χ3v) is 3.86. The van der Waals surface area contributed by atoms with Crippen molar-refractivity contribution in [2.24, 2.45) is 0 Å². The van der Waals surface area contributed by atoms with Gasteiger partial charge in [0.25, 0.3) is 5.91 Å². The first-order valence-corrected chi connectivity index (χ1v) is 7.93. The van der Waals surface area contributed by atoms with Crippen LogP contribution in [0.2, 0.25) is 10.0 Å². The number of benzene rings is 2. The van der Waals surface area contributed by atoms with Crippen molar-refractivity contribution >= 4 is 46.4 Å². The molecule has 0 radical (unpaired) electrons. The summed E-state index contributed by atoms with van der Waals surface area (Å²) in [6.45, 7) is 0.0450. The van der Waals surface area contributed by atoms with E-state index in [2.05, 4.69) is 10.6 Å². The lowest BCUT2D eigenvalue weighted by Gasteiger charge is -2.13. The number of para-hydroxylation sites is 1. The zero-order chi connectivity index (χ0) is 17.7. The molecule has 5 nitrogen and oxygen atoms in total. The Balaban J connectivity index is 2.03. The summed E-state index contributed by atoms with van der Waals surface area (Å²) in [5.74, 6) is -0.495. The smallest absolute Gasteiger partial charge is 0.254 e. The number of rotatable bonds is 5. The molecule has 0 saturated heterocycles. The molecule has 2 amide bonds. The van der Waals surface area contributed by atoms with Crippen LogP contribution in [0.4, 0.5) is 11.4 Å². The van der Waals surface area contributed by atoms with E-state index in [-0.39, 0.29) is 18.4 Å². The Kier molecular flexibility index (Phi) is 6.06. The molecule has 2 aromatic carbocycles. The van der Waals surface area contributed by atoms with Crippen molar-refractivity contribution in [1.29, 1.82) is 0 Å². The van der Waals surface area contributed by atoms with Crippen LogP contribution in [0.25, 0.3) is 0 Å². The third kappa shape index (κ3) is 4.63. The van der Waals surface area contributed by atoms with Gasteiger partial charge in [0.2, 0.25) is 5.91 Å². The molecule has 2 rings (SSSR count). The predicted octanol–water partition coefficient (Wildman–Crippen LogP) is 3.75. The van der Waals surface area contributed by atoms with Gasteiger partial charge in [0, 0.05) is 19.8 Å². The first kappa shape index (κ1) is 18.1. The molecule has 7 heteroatoms. The first-order chi connectivity index (χ1) is 11.4. The largest absolute Gasteiger partial charge is 0.375 e. The molecule has 0 aliphatic rings. The molecule has 2 aromatic rings. The maximum atomic E-state index is 12.1. The minimum absolute atomic E-state index is 0.0450. The number of nitrogens with one attached hydrogen (secondary N) is 2. The second-order valence-corrected chi connectivity index (χ2v) is 6.09. The van der Waals surface area contributed by atoms with Crippen LogP contribution in [-0.4, -0.2) is 37.4 Å². The van der Waals surface area contributed by atoms with E-state index in [9.17, 15) is 9.59 Å². The van der Waals surface area contributed by atoms with Crippen LogP contribution in [0.3, 0.4) is 0 Å². The van der Waals surface area contributed by atoms with Crippen LogP contribution in [0.1, 0.15) is 10.4 Å². The van der Waals surface area contributed by atoms with Crippen LogP contribution >= 0.6 is 23.2 Å². The van der Waals surface area contributed by atoms with E-state index in [1.807, 2.05) is 12.1 Å². The van der Waals surface area contributed by atoms with Gasteiger partial charge in [0.1, 0.15) is 0 Å². The fourth-order valence-corrected chi connectivity index (χ4v) is 2.39. The fraction of sp³-hybridized carbons (Fsp3) is 0.176. The van der Waals surface area contributed by atoms with Gasteiger partial charge in [0.05, 0.1) is 27.8 Å². The summed E-state index contributed by atoms with van der Waals surface area (Å²) in [6, 6.07) is 11.9. The van der Waals surface area contributed by atoms with Crippen molar-refractivity contribution in [1.82, 2.24) is 4.90 Å². The van der Waals surface area contributed by atoms with E-state index < -0.39 is 0 Å². The summed E-state index contributed by atoms with van der Waals surface area (Å²) < 4.78 is 0. The molecule has 0 unspecified atom stereocenters. The van der Waals surface area contributed by atoms with Gasteiger partial charge in [-0.15, -0.1) is 0 Å². The van der Waals surface area contributed by atoms with Crippen molar-refractivity contribution in [3.8, 4) is 0 Å². The van der Waals surface area contributed by atoms with E-state index in [0.29, 0.717) is 27.0 Å². The standard InChI is InChI=1S/C17H17Cl2N3O2/c1-22(2)17(24)12-9-11(7-8-13(12)18)21-16(23)10-20-15-6-4-3-5-14(15)19/h3-9,20H,10H2,1-2H3,(H,21,23). The second kappa shape index (κ2) is 8.04. The van der Waals surface area contributed by atoms with E-state index in [4.69, 9.17) is 23.2 Å². The third-order valence-electron chi connectivity index (χ3n) is 3.20. The highest BCUT2D eigenvalue weighted by atomic mass is 35.5. The highest BCUT2D eigenvalue weighted by Crippen LogP contribution is 2.22. The average molecular weight is 366 g/mol.